The lowest BCUT2D eigenvalue weighted by Gasteiger charge is -2.43. The number of aryl methyl sites for hydroxylation is 1. The number of aromatic nitrogens is 2. The van der Waals surface area contributed by atoms with Gasteiger partial charge >= 0.3 is 0 Å². The Hall–Kier alpha value is -1.44. The molecule has 1 aliphatic heterocycles. The Bertz CT molecular complexity index is 639. The van der Waals surface area contributed by atoms with Crippen LogP contribution in [0.3, 0.4) is 0 Å². The van der Waals surface area contributed by atoms with Crippen LogP contribution in [-0.4, -0.2) is 46.0 Å². The lowest BCUT2D eigenvalue weighted by molar-refractivity contribution is -0.124. The lowest BCUT2D eigenvalue weighted by atomic mass is 9.71. The van der Waals surface area contributed by atoms with Crippen molar-refractivity contribution in [2.75, 3.05) is 13.1 Å². The molecular formula is C17H27ClN4O3. The zero-order valence-corrected chi connectivity index (χ0v) is 15.3. The number of aliphatic hydroxyl groups is 1. The third kappa shape index (κ3) is 5.03. The molecule has 8 heteroatoms. The number of nitrogens with zero attached hydrogens (tertiary/aromatic N) is 2. The van der Waals surface area contributed by atoms with E-state index in [1.165, 1.54) is 10.7 Å². The third-order valence-corrected chi connectivity index (χ3v) is 5.17. The van der Waals surface area contributed by atoms with Gasteiger partial charge in [-0.25, -0.2) is 4.68 Å². The number of carbonyl (C=O) groups excluding carboxylic acids is 1. The van der Waals surface area contributed by atoms with Gasteiger partial charge in [0.25, 0.3) is 5.56 Å². The van der Waals surface area contributed by atoms with E-state index in [-0.39, 0.29) is 42.6 Å². The fourth-order valence-corrected chi connectivity index (χ4v) is 3.78. The molecule has 0 radical (unpaired) electrons. The number of rotatable bonds is 5. The van der Waals surface area contributed by atoms with Crippen LogP contribution in [0.1, 0.15) is 31.4 Å². The second-order valence-electron chi connectivity index (χ2n) is 7.04. The fraction of sp³-hybridized carbons (Fsp3) is 0.706. The number of nitrogens with one attached hydrogen (secondary N) is 2. The second-order valence-corrected chi connectivity index (χ2v) is 7.04. The van der Waals surface area contributed by atoms with E-state index in [0.29, 0.717) is 17.5 Å². The Labute approximate surface area is 153 Å². The monoisotopic (exact) mass is 370 g/mol. The Kier molecular flexibility index (Phi) is 6.98. The smallest absolute Gasteiger partial charge is 0.267 e. The highest BCUT2D eigenvalue weighted by Gasteiger charge is 2.39. The van der Waals surface area contributed by atoms with E-state index < -0.39 is 0 Å². The minimum absolute atomic E-state index is 0. The van der Waals surface area contributed by atoms with Crippen molar-refractivity contribution in [3.05, 3.63) is 28.2 Å². The molecule has 1 unspecified atom stereocenters. The van der Waals surface area contributed by atoms with Crippen LogP contribution in [0.5, 0.6) is 0 Å². The first-order chi connectivity index (χ1) is 11.5. The number of halogens is 1. The molecule has 1 saturated heterocycles. The first-order valence-electron chi connectivity index (χ1n) is 8.76. The molecule has 3 N–H and O–H groups in total. The standard InChI is InChI=1S/C17H26N4O3.ClH/c1-11-2-3-16(24)21(20-11)10-15(23)19-17(13-8-14(22)9-13)12-4-6-18-7-5-12;/h2-3,12-14,17-18,22H,4-10H2,1H3,(H,19,23);1H. The van der Waals surface area contributed by atoms with Crippen LogP contribution in [0, 0.1) is 18.8 Å². The minimum atomic E-state index is -0.270. The van der Waals surface area contributed by atoms with Gasteiger partial charge in [0.1, 0.15) is 6.54 Å². The van der Waals surface area contributed by atoms with Gasteiger partial charge in [-0.3, -0.25) is 9.59 Å². The third-order valence-electron chi connectivity index (χ3n) is 5.17. The second kappa shape index (κ2) is 8.78. The van der Waals surface area contributed by atoms with Crippen LogP contribution in [0.4, 0.5) is 0 Å². The van der Waals surface area contributed by atoms with Crippen LogP contribution < -0.4 is 16.2 Å². The van der Waals surface area contributed by atoms with E-state index in [4.69, 9.17) is 0 Å². The molecule has 1 aromatic heterocycles. The molecule has 2 fully saturated rings. The first-order valence-corrected chi connectivity index (χ1v) is 8.76. The summed E-state index contributed by atoms with van der Waals surface area (Å²) in [7, 11) is 0. The average Bonchev–Trinajstić information content (AvgIpc) is 2.54. The highest BCUT2D eigenvalue weighted by atomic mass is 35.5. The van der Waals surface area contributed by atoms with E-state index in [9.17, 15) is 14.7 Å². The van der Waals surface area contributed by atoms with Gasteiger partial charge in [0.15, 0.2) is 0 Å². The molecule has 0 bridgehead atoms. The van der Waals surface area contributed by atoms with Crippen LogP contribution in [0.2, 0.25) is 0 Å². The minimum Gasteiger partial charge on any atom is -0.393 e. The van der Waals surface area contributed by atoms with E-state index in [0.717, 1.165) is 38.8 Å². The van der Waals surface area contributed by atoms with E-state index in [1.807, 2.05) is 0 Å². The summed E-state index contributed by atoms with van der Waals surface area (Å²) < 4.78 is 1.21. The van der Waals surface area contributed by atoms with Gasteiger partial charge < -0.3 is 15.7 Å². The molecular weight excluding hydrogens is 344 g/mol. The van der Waals surface area contributed by atoms with Crippen molar-refractivity contribution in [2.24, 2.45) is 11.8 Å². The van der Waals surface area contributed by atoms with Crippen molar-refractivity contribution >= 4 is 18.3 Å². The SMILES string of the molecule is Cc1ccc(=O)n(CC(=O)NC(C2CCNCC2)C2CC(O)C2)n1.Cl. The summed E-state index contributed by atoms with van der Waals surface area (Å²) in [6.45, 7) is 3.66. The zero-order valence-electron chi connectivity index (χ0n) is 14.5. The fourth-order valence-electron chi connectivity index (χ4n) is 3.78. The van der Waals surface area contributed by atoms with Crippen molar-refractivity contribution in [3.8, 4) is 0 Å². The molecule has 1 amide bonds. The number of hydrogen-bond acceptors (Lipinski definition) is 5. The maximum absolute atomic E-state index is 12.5. The van der Waals surface area contributed by atoms with Gasteiger partial charge in [-0.1, -0.05) is 0 Å². The average molecular weight is 371 g/mol. The molecule has 140 valence electrons. The molecule has 0 aromatic carbocycles. The number of carbonyl (C=O) groups is 1. The summed E-state index contributed by atoms with van der Waals surface area (Å²) in [4.78, 5) is 24.3. The van der Waals surface area contributed by atoms with Crippen molar-refractivity contribution in [3.63, 3.8) is 0 Å². The molecule has 2 aliphatic rings. The van der Waals surface area contributed by atoms with E-state index >= 15 is 0 Å². The summed E-state index contributed by atoms with van der Waals surface area (Å²) in [5.41, 5.74) is 0.438. The van der Waals surface area contributed by atoms with Crippen molar-refractivity contribution in [2.45, 2.75) is 51.3 Å². The Morgan fingerprint density at radius 3 is 2.68 bits per heavy atom. The maximum atomic E-state index is 12.5. The van der Waals surface area contributed by atoms with Crippen molar-refractivity contribution in [1.29, 1.82) is 0 Å². The van der Waals surface area contributed by atoms with Gasteiger partial charge in [-0.15, -0.1) is 12.4 Å². The highest BCUT2D eigenvalue weighted by Crippen LogP contribution is 2.35. The molecule has 0 spiro atoms. The van der Waals surface area contributed by atoms with Crippen LogP contribution >= 0.6 is 12.4 Å². The van der Waals surface area contributed by atoms with Gasteiger partial charge in [0.2, 0.25) is 5.91 Å². The molecule has 1 aliphatic carbocycles. The topological polar surface area (TPSA) is 96.2 Å². The van der Waals surface area contributed by atoms with Crippen LogP contribution in [0.25, 0.3) is 0 Å². The molecule has 25 heavy (non-hydrogen) atoms. The molecule has 7 nitrogen and oxygen atoms in total. The normalized spacial score (nSPS) is 24.7. The van der Waals surface area contributed by atoms with Gasteiger partial charge in [0, 0.05) is 12.1 Å². The van der Waals surface area contributed by atoms with Crippen molar-refractivity contribution < 1.29 is 9.90 Å². The predicted octanol–water partition coefficient (Wildman–Crippen LogP) is 0.229. The molecule has 1 atom stereocenters. The zero-order chi connectivity index (χ0) is 17.1. The largest absolute Gasteiger partial charge is 0.393 e. The van der Waals surface area contributed by atoms with Gasteiger partial charge in [-0.05, 0) is 63.6 Å². The van der Waals surface area contributed by atoms with Gasteiger partial charge in [0.05, 0.1) is 11.8 Å². The number of aliphatic hydroxyl groups excluding tert-OH is 1. The highest BCUT2D eigenvalue weighted by molar-refractivity contribution is 5.85. The summed E-state index contributed by atoms with van der Waals surface area (Å²) in [5.74, 6) is 0.573. The quantitative estimate of drug-likeness (QED) is 0.689. The lowest BCUT2D eigenvalue weighted by Crippen LogP contribution is -2.53. The molecule has 3 rings (SSSR count). The maximum Gasteiger partial charge on any atom is 0.267 e. The summed E-state index contributed by atoms with van der Waals surface area (Å²) in [6, 6.07) is 3.15. The Balaban J connectivity index is 0.00000225. The van der Waals surface area contributed by atoms with Gasteiger partial charge in [-0.2, -0.15) is 5.10 Å². The van der Waals surface area contributed by atoms with E-state index in [1.54, 1.807) is 13.0 Å². The molecule has 1 aromatic rings. The molecule has 2 heterocycles. The van der Waals surface area contributed by atoms with Crippen LogP contribution in [0.15, 0.2) is 16.9 Å². The number of hydrogen-bond donors (Lipinski definition) is 3. The Morgan fingerprint density at radius 2 is 2.04 bits per heavy atom. The Morgan fingerprint density at radius 1 is 1.36 bits per heavy atom. The molecule has 1 saturated carbocycles. The van der Waals surface area contributed by atoms with Crippen molar-refractivity contribution in [1.82, 2.24) is 20.4 Å². The number of amides is 1. The number of piperidine rings is 1. The van der Waals surface area contributed by atoms with E-state index in [2.05, 4.69) is 15.7 Å². The first kappa shape index (κ1) is 19.9. The summed E-state index contributed by atoms with van der Waals surface area (Å²) in [5, 5.41) is 20.2. The van der Waals surface area contributed by atoms with Crippen LogP contribution in [-0.2, 0) is 11.3 Å². The predicted molar refractivity (Wildman–Crippen MR) is 96.7 cm³/mol. The summed E-state index contributed by atoms with van der Waals surface area (Å²) in [6.07, 6.45) is 3.31. The summed E-state index contributed by atoms with van der Waals surface area (Å²) >= 11 is 0.